The van der Waals surface area contributed by atoms with E-state index in [9.17, 15) is 13.2 Å². The van der Waals surface area contributed by atoms with E-state index in [0.717, 1.165) is 4.31 Å². The number of sulfonamides is 1. The maximum absolute atomic E-state index is 12.2. The molecule has 2 rings (SSSR count). The average molecular weight is 274 g/mol. The Hall–Kier alpha value is -1.12. The first kappa shape index (κ1) is 12.3. The predicted octanol–water partition coefficient (Wildman–Crippen LogP) is 0.230. The van der Waals surface area contributed by atoms with Gasteiger partial charge in [-0.05, 0) is 12.1 Å². The number of pyridine rings is 1. The summed E-state index contributed by atoms with van der Waals surface area (Å²) in [5.41, 5.74) is 0. The molecule has 2 heterocycles. The molecule has 0 aromatic carbocycles. The molecule has 6 nitrogen and oxygen atoms in total. The van der Waals surface area contributed by atoms with Crippen LogP contribution in [-0.2, 0) is 14.8 Å². The molecule has 1 fully saturated rings. The minimum Gasteiger partial charge on any atom is -0.480 e. The molecule has 0 saturated carbocycles. The van der Waals surface area contributed by atoms with Gasteiger partial charge in [-0.2, -0.15) is 4.31 Å². The lowest BCUT2D eigenvalue weighted by Gasteiger charge is -2.19. The summed E-state index contributed by atoms with van der Waals surface area (Å²) in [5.74, 6) is -0.689. The molecule has 1 aliphatic heterocycles. The van der Waals surface area contributed by atoms with Crippen LogP contribution in [0, 0.1) is 0 Å². The van der Waals surface area contributed by atoms with Crippen molar-refractivity contribution in [3.63, 3.8) is 0 Å². The molecular formula is C9H10N2O4S2. The first-order valence-corrected chi connectivity index (χ1v) is 7.35. The lowest BCUT2D eigenvalue weighted by atomic mass is 10.4. The molecule has 1 atom stereocenters. The van der Waals surface area contributed by atoms with Gasteiger partial charge >= 0.3 is 5.97 Å². The van der Waals surface area contributed by atoms with Crippen LogP contribution in [0.2, 0.25) is 0 Å². The number of rotatable bonds is 3. The highest BCUT2D eigenvalue weighted by Gasteiger charge is 2.40. The fourth-order valence-electron chi connectivity index (χ4n) is 1.49. The molecule has 1 saturated heterocycles. The van der Waals surface area contributed by atoms with Crippen molar-refractivity contribution < 1.29 is 18.3 Å². The number of aliphatic carboxylic acids is 1. The number of carboxylic acids is 1. The molecule has 8 heteroatoms. The summed E-state index contributed by atoms with van der Waals surface area (Å²) in [4.78, 5) is 14.7. The van der Waals surface area contributed by atoms with E-state index in [-0.39, 0.29) is 16.5 Å². The zero-order chi connectivity index (χ0) is 12.5. The molecule has 92 valence electrons. The Balaban J connectivity index is 2.37. The zero-order valence-corrected chi connectivity index (χ0v) is 10.3. The van der Waals surface area contributed by atoms with Gasteiger partial charge in [0.05, 0.1) is 5.88 Å². The van der Waals surface area contributed by atoms with Crippen LogP contribution in [-0.4, -0.2) is 46.5 Å². The number of thioether (sulfide) groups is 1. The van der Waals surface area contributed by atoms with E-state index in [1.165, 1.54) is 36.3 Å². The average Bonchev–Trinajstić information content (AvgIpc) is 2.80. The maximum atomic E-state index is 12.2. The van der Waals surface area contributed by atoms with E-state index < -0.39 is 22.0 Å². The van der Waals surface area contributed by atoms with Crippen molar-refractivity contribution in [3.05, 3.63) is 24.5 Å². The van der Waals surface area contributed by atoms with E-state index in [1.807, 2.05) is 0 Å². The lowest BCUT2D eigenvalue weighted by molar-refractivity contribution is -0.140. The van der Waals surface area contributed by atoms with Crippen LogP contribution in [0.4, 0.5) is 0 Å². The van der Waals surface area contributed by atoms with Crippen LogP contribution < -0.4 is 0 Å². The Morgan fingerprint density at radius 2 is 2.35 bits per heavy atom. The Morgan fingerprint density at radius 1 is 1.59 bits per heavy atom. The van der Waals surface area contributed by atoms with Crippen LogP contribution in [0.15, 0.2) is 29.4 Å². The SMILES string of the molecule is O=C(O)C1CSCN1S(=O)(=O)c1cccnc1. The molecule has 0 bridgehead atoms. The summed E-state index contributed by atoms with van der Waals surface area (Å²) in [5, 5.41) is 8.96. The summed E-state index contributed by atoms with van der Waals surface area (Å²) in [6, 6.07) is 1.92. The first-order chi connectivity index (χ1) is 8.03. The van der Waals surface area contributed by atoms with Crippen molar-refractivity contribution >= 4 is 27.8 Å². The summed E-state index contributed by atoms with van der Waals surface area (Å²) in [6.07, 6.45) is 2.68. The Labute approximate surface area is 103 Å². The monoisotopic (exact) mass is 274 g/mol. The minimum atomic E-state index is -3.76. The summed E-state index contributed by atoms with van der Waals surface area (Å²) in [7, 11) is -3.76. The number of carboxylic acid groups (broad SMARTS) is 1. The van der Waals surface area contributed by atoms with Crippen LogP contribution in [0.5, 0.6) is 0 Å². The van der Waals surface area contributed by atoms with Crippen LogP contribution in [0.3, 0.4) is 0 Å². The Kier molecular flexibility index (Phi) is 3.36. The Morgan fingerprint density at radius 3 is 2.94 bits per heavy atom. The zero-order valence-electron chi connectivity index (χ0n) is 8.68. The van der Waals surface area contributed by atoms with Gasteiger partial charge in [0.15, 0.2) is 0 Å². The summed E-state index contributed by atoms with van der Waals surface area (Å²) >= 11 is 1.29. The van der Waals surface area contributed by atoms with Gasteiger partial charge in [0.1, 0.15) is 10.9 Å². The van der Waals surface area contributed by atoms with Crippen LogP contribution in [0.25, 0.3) is 0 Å². The van der Waals surface area contributed by atoms with Gasteiger partial charge < -0.3 is 5.11 Å². The molecule has 1 N–H and O–H groups in total. The van der Waals surface area contributed by atoms with Gasteiger partial charge in [0.25, 0.3) is 0 Å². The molecule has 17 heavy (non-hydrogen) atoms. The molecule has 1 aliphatic rings. The maximum Gasteiger partial charge on any atom is 0.322 e. The van der Waals surface area contributed by atoms with Crippen LogP contribution >= 0.6 is 11.8 Å². The minimum absolute atomic E-state index is 0.0220. The van der Waals surface area contributed by atoms with Crippen molar-refractivity contribution in [1.82, 2.24) is 9.29 Å². The second-order valence-corrected chi connectivity index (χ2v) is 6.33. The van der Waals surface area contributed by atoms with E-state index >= 15 is 0 Å². The van der Waals surface area contributed by atoms with E-state index in [0.29, 0.717) is 0 Å². The van der Waals surface area contributed by atoms with Crippen molar-refractivity contribution in [3.8, 4) is 0 Å². The van der Waals surface area contributed by atoms with Crippen molar-refractivity contribution in [2.24, 2.45) is 0 Å². The highest BCUT2D eigenvalue weighted by Crippen LogP contribution is 2.27. The van der Waals surface area contributed by atoms with Gasteiger partial charge in [-0.3, -0.25) is 9.78 Å². The standard InChI is InChI=1S/C9H10N2O4S2/c12-9(13)8-5-16-6-11(8)17(14,15)7-2-1-3-10-4-7/h1-4,8H,5-6H2,(H,12,13). The van der Waals surface area contributed by atoms with Gasteiger partial charge in [-0.15, -0.1) is 11.8 Å². The highest BCUT2D eigenvalue weighted by molar-refractivity contribution is 8.00. The molecule has 0 spiro atoms. The summed E-state index contributed by atoms with van der Waals surface area (Å²) in [6.45, 7) is 0. The van der Waals surface area contributed by atoms with Gasteiger partial charge in [-0.25, -0.2) is 8.42 Å². The van der Waals surface area contributed by atoms with Crippen molar-refractivity contribution in [2.75, 3.05) is 11.6 Å². The molecule has 0 radical (unpaired) electrons. The second-order valence-electron chi connectivity index (χ2n) is 3.43. The lowest BCUT2D eigenvalue weighted by Crippen LogP contribution is -2.41. The number of hydrogen-bond donors (Lipinski definition) is 1. The topological polar surface area (TPSA) is 87.6 Å². The molecule has 1 aromatic heterocycles. The highest BCUT2D eigenvalue weighted by atomic mass is 32.2. The van der Waals surface area contributed by atoms with Crippen LogP contribution in [0.1, 0.15) is 0 Å². The molecule has 1 aromatic rings. The van der Waals surface area contributed by atoms with Crippen molar-refractivity contribution in [2.45, 2.75) is 10.9 Å². The van der Waals surface area contributed by atoms with E-state index in [1.54, 1.807) is 0 Å². The fraction of sp³-hybridized carbons (Fsp3) is 0.333. The number of aromatic nitrogens is 1. The number of hydrogen-bond acceptors (Lipinski definition) is 5. The molecule has 1 unspecified atom stereocenters. The number of nitrogens with zero attached hydrogens (tertiary/aromatic N) is 2. The van der Waals surface area contributed by atoms with E-state index in [4.69, 9.17) is 5.11 Å². The smallest absolute Gasteiger partial charge is 0.322 e. The largest absolute Gasteiger partial charge is 0.480 e. The Bertz CT molecular complexity index is 517. The first-order valence-electron chi connectivity index (χ1n) is 4.76. The van der Waals surface area contributed by atoms with Gasteiger partial charge in [0, 0.05) is 18.1 Å². The van der Waals surface area contributed by atoms with Crippen molar-refractivity contribution in [1.29, 1.82) is 0 Å². The predicted molar refractivity (Wildman–Crippen MR) is 62.0 cm³/mol. The molecule has 0 amide bonds. The third-order valence-electron chi connectivity index (χ3n) is 2.37. The number of carbonyl (C=O) groups is 1. The second kappa shape index (κ2) is 4.63. The quantitative estimate of drug-likeness (QED) is 0.849. The molecule has 0 aliphatic carbocycles. The normalized spacial score (nSPS) is 21.5. The van der Waals surface area contributed by atoms with Gasteiger partial charge in [0.2, 0.25) is 10.0 Å². The third kappa shape index (κ3) is 2.28. The van der Waals surface area contributed by atoms with Gasteiger partial charge in [-0.1, -0.05) is 0 Å². The molecular weight excluding hydrogens is 264 g/mol. The third-order valence-corrected chi connectivity index (χ3v) is 5.38. The fourth-order valence-corrected chi connectivity index (χ4v) is 4.59. The van der Waals surface area contributed by atoms with E-state index in [2.05, 4.69) is 4.98 Å². The summed E-state index contributed by atoms with van der Waals surface area (Å²) < 4.78 is 25.3.